The third-order valence-corrected chi connectivity index (χ3v) is 4.51. The van der Waals surface area contributed by atoms with Crippen molar-refractivity contribution in [1.82, 2.24) is 9.78 Å². The summed E-state index contributed by atoms with van der Waals surface area (Å²) >= 11 is 0. The average molecular weight is 282 g/mol. The first-order valence-corrected chi connectivity index (χ1v) is 7.18. The van der Waals surface area contributed by atoms with Gasteiger partial charge >= 0.3 is 5.97 Å². The highest BCUT2D eigenvalue weighted by atomic mass is 19.3. The fourth-order valence-corrected chi connectivity index (χ4v) is 3.40. The van der Waals surface area contributed by atoms with Gasteiger partial charge in [0.1, 0.15) is 12.2 Å². The zero-order chi connectivity index (χ0) is 14.1. The first-order chi connectivity index (χ1) is 9.54. The second-order valence-electron chi connectivity index (χ2n) is 5.96. The Balaban J connectivity index is 1.75. The highest BCUT2D eigenvalue weighted by Gasteiger charge is 2.67. The van der Waals surface area contributed by atoms with Gasteiger partial charge in [-0.15, -0.1) is 0 Å². The molecule has 1 heterocycles. The number of carbonyl (C=O) groups excluding carboxylic acids is 1. The first-order valence-electron chi connectivity index (χ1n) is 7.18. The van der Waals surface area contributed by atoms with Crippen LogP contribution in [0.1, 0.15) is 55.0 Å². The van der Waals surface area contributed by atoms with Crippen molar-refractivity contribution in [3.63, 3.8) is 0 Å². The number of hydrogen-bond acceptors (Lipinski definition) is 3. The zero-order valence-electron chi connectivity index (χ0n) is 11.2. The van der Waals surface area contributed by atoms with Crippen molar-refractivity contribution in [1.29, 1.82) is 0 Å². The van der Waals surface area contributed by atoms with E-state index in [4.69, 9.17) is 4.74 Å². The Labute approximate surface area is 115 Å². The van der Waals surface area contributed by atoms with Crippen LogP contribution >= 0.6 is 0 Å². The van der Waals surface area contributed by atoms with Crippen LogP contribution in [0.3, 0.4) is 0 Å². The summed E-state index contributed by atoms with van der Waals surface area (Å²) in [6, 6.07) is 0. The van der Waals surface area contributed by atoms with Gasteiger partial charge in [0.05, 0.1) is 12.3 Å². The molecule has 108 valence electrons. The molecule has 0 aliphatic heterocycles. The summed E-state index contributed by atoms with van der Waals surface area (Å²) in [6.07, 6.45) is 2.60. The fourth-order valence-electron chi connectivity index (χ4n) is 3.40. The molecule has 2 fully saturated rings. The van der Waals surface area contributed by atoms with Gasteiger partial charge in [0.25, 0.3) is 5.92 Å². The molecule has 2 unspecified atom stereocenters. The second-order valence-corrected chi connectivity index (χ2v) is 5.96. The molecule has 1 aromatic rings. The van der Waals surface area contributed by atoms with Crippen LogP contribution in [0, 0.1) is 5.92 Å². The molecule has 2 atom stereocenters. The van der Waals surface area contributed by atoms with Crippen LogP contribution in [0.2, 0.25) is 0 Å². The van der Waals surface area contributed by atoms with Gasteiger partial charge in [0.2, 0.25) is 0 Å². The maximum atomic E-state index is 14.4. The molecule has 20 heavy (non-hydrogen) atoms. The van der Waals surface area contributed by atoms with Crippen molar-refractivity contribution in [3.8, 4) is 0 Å². The smallest absolute Gasteiger partial charge is 0.327 e. The molecule has 0 amide bonds. The Morgan fingerprint density at radius 3 is 2.90 bits per heavy atom. The molecule has 0 saturated heterocycles. The minimum atomic E-state index is -2.84. The molecule has 0 radical (unpaired) electrons. The van der Waals surface area contributed by atoms with Gasteiger partial charge in [-0.1, -0.05) is 0 Å². The average Bonchev–Trinajstić information content (AvgIpc) is 3.26. The maximum absolute atomic E-state index is 14.4. The molecule has 0 spiro atoms. The maximum Gasteiger partial charge on any atom is 0.327 e. The molecule has 1 aromatic heterocycles. The summed E-state index contributed by atoms with van der Waals surface area (Å²) in [7, 11) is 0. The number of rotatable bonds is 4. The van der Waals surface area contributed by atoms with Crippen molar-refractivity contribution in [2.45, 2.75) is 50.5 Å². The van der Waals surface area contributed by atoms with Crippen LogP contribution < -0.4 is 0 Å². The van der Waals surface area contributed by atoms with E-state index in [1.54, 1.807) is 6.92 Å². The first kappa shape index (κ1) is 12.3. The Bertz CT molecular complexity index is 592. The lowest BCUT2D eigenvalue weighted by atomic mass is 10.1. The number of esters is 1. The van der Waals surface area contributed by atoms with Crippen LogP contribution in [-0.4, -0.2) is 22.4 Å². The molecule has 0 N–H and O–H groups in total. The van der Waals surface area contributed by atoms with E-state index >= 15 is 0 Å². The molecule has 4 rings (SSSR count). The number of fused-ring (bicyclic) bond motifs is 3. The minimum Gasteiger partial charge on any atom is -0.465 e. The van der Waals surface area contributed by atoms with Gasteiger partial charge in [-0.2, -0.15) is 13.9 Å². The van der Waals surface area contributed by atoms with E-state index in [1.165, 1.54) is 4.68 Å². The summed E-state index contributed by atoms with van der Waals surface area (Å²) in [6.45, 7) is 1.74. The van der Waals surface area contributed by atoms with Gasteiger partial charge in [-0.25, -0.2) is 0 Å². The normalized spacial score (nSPS) is 28.9. The van der Waals surface area contributed by atoms with Crippen molar-refractivity contribution in [3.05, 3.63) is 17.0 Å². The summed E-state index contributed by atoms with van der Waals surface area (Å²) in [5.74, 6) is -3.63. The lowest BCUT2D eigenvalue weighted by molar-refractivity contribution is -0.144. The van der Waals surface area contributed by atoms with Crippen LogP contribution in [0.15, 0.2) is 0 Å². The molecular weight excluding hydrogens is 266 g/mol. The van der Waals surface area contributed by atoms with E-state index in [9.17, 15) is 13.6 Å². The number of ether oxygens (including phenoxy) is 1. The molecule has 0 bridgehead atoms. The highest BCUT2D eigenvalue weighted by Crippen LogP contribution is 2.68. The van der Waals surface area contributed by atoms with Crippen molar-refractivity contribution < 1.29 is 18.3 Å². The summed E-state index contributed by atoms with van der Waals surface area (Å²) in [5, 5.41) is 4.32. The molecular formula is C14H16F2N2O2. The molecule has 3 aliphatic rings. The van der Waals surface area contributed by atoms with E-state index < -0.39 is 17.8 Å². The van der Waals surface area contributed by atoms with E-state index in [0.29, 0.717) is 12.3 Å². The van der Waals surface area contributed by atoms with E-state index in [-0.39, 0.29) is 24.8 Å². The highest BCUT2D eigenvalue weighted by molar-refractivity contribution is 5.69. The van der Waals surface area contributed by atoms with E-state index in [0.717, 1.165) is 24.1 Å². The lowest BCUT2D eigenvalue weighted by Crippen LogP contribution is -2.23. The lowest BCUT2D eigenvalue weighted by Gasteiger charge is -2.15. The predicted octanol–water partition coefficient (Wildman–Crippen LogP) is 2.53. The molecule has 2 saturated carbocycles. The predicted molar refractivity (Wildman–Crippen MR) is 65.6 cm³/mol. The minimum absolute atomic E-state index is 0.0197. The van der Waals surface area contributed by atoms with Crippen molar-refractivity contribution in [2.75, 3.05) is 6.61 Å². The fraction of sp³-hybridized carbons (Fsp3) is 0.714. The Kier molecular flexibility index (Phi) is 2.34. The monoisotopic (exact) mass is 282 g/mol. The van der Waals surface area contributed by atoms with Crippen LogP contribution in [0.25, 0.3) is 0 Å². The van der Waals surface area contributed by atoms with Gasteiger partial charge in [0.15, 0.2) is 0 Å². The number of nitrogens with zero attached hydrogens (tertiary/aromatic N) is 2. The summed E-state index contributed by atoms with van der Waals surface area (Å²) in [4.78, 5) is 11.6. The number of alkyl halides is 2. The summed E-state index contributed by atoms with van der Waals surface area (Å²) < 4.78 is 34.8. The number of hydrogen-bond donors (Lipinski definition) is 0. The second kappa shape index (κ2) is 3.80. The zero-order valence-corrected chi connectivity index (χ0v) is 11.2. The van der Waals surface area contributed by atoms with Crippen molar-refractivity contribution >= 4 is 5.97 Å². The number of aromatic nitrogens is 2. The Morgan fingerprint density at radius 1 is 1.50 bits per heavy atom. The Morgan fingerprint density at radius 2 is 2.25 bits per heavy atom. The summed E-state index contributed by atoms with van der Waals surface area (Å²) in [5.41, 5.74) is 1.54. The molecule has 0 aromatic carbocycles. The third kappa shape index (κ3) is 1.56. The van der Waals surface area contributed by atoms with Crippen LogP contribution in [-0.2, 0) is 22.0 Å². The van der Waals surface area contributed by atoms with Crippen molar-refractivity contribution in [2.24, 2.45) is 5.92 Å². The van der Waals surface area contributed by atoms with E-state index in [1.807, 2.05) is 0 Å². The van der Waals surface area contributed by atoms with Gasteiger partial charge < -0.3 is 4.74 Å². The van der Waals surface area contributed by atoms with Gasteiger partial charge in [-0.05, 0) is 32.1 Å². The SMILES string of the molecule is CCOC(=O)Cn1nc(C2CC2)c2c1C(F)(F)C1CC21. The Hall–Kier alpha value is -1.46. The quantitative estimate of drug-likeness (QED) is 0.797. The number of carbonyl (C=O) groups is 1. The number of halogens is 2. The molecule has 4 nitrogen and oxygen atoms in total. The van der Waals surface area contributed by atoms with Gasteiger partial charge in [-0.3, -0.25) is 9.48 Å². The van der Waals surface area contributed by atoms with E-state index in [2.05, 4.69) is 5.10 Å². The molecule has 6 heteroatoms. The van der Waals surface area contributed by atoms with Gasteiger partial charge in [0, 0.05) is 17.4 Å². The standard InChI is InChI=1S/C14H16F2N2O2/c1-2-20-10(19)6-18-13-11(12(17-18)7-3-4-7)8-5-9(8)14(13,15)16/h7-9H,2-6H2,1H3. The topological polar surface area (TPSA) is 44.1 Å². The largest absolute Gasteiger partial charge is 0.465 e. The third-order valence-electron chi connectivity index (χ3n) is 4.51. The molecule has 3 aliphatic carbocycles. The van der Waals surface area contributed by atoms with Crippen LogP contribution in [0.4, 0.5) is 8.78 Å². The van der Waals surface area contributed by atoms with Crippen LogP contribution in [0.5, 0.6) is 0 Å².